The maximum atomic E-state index is 10.5. The van der Waals surface area contributed by atoms with E-state index in [4.69, 9.17) is 14.2 Å². The van der Waals surface area contributed by atoms with E-state index in [0.717, 1.165) is 63.4 Å². The Balaban J connectivity index is 1.12. The van der Waals surface area contributed by atoms with E-state index in [-0.39, 0.29) is 6.61 Å². The lowest BCUT2D eigenvalue weighted by Gasteiger charge is -2.37. The van der Waals surface area contributed by atoms with Gasteiger partial charge in [0.15, 0.2) is 11.5 Å². The molecular weight excluding hydrogens is 406 g/mol. The number of hydrogen-bond acceptors (Lipinski definition) is 7. The number of fused-ring (bicyclic) bond motifs is 3. The number of nitrogens with zero attached hydrogens (tertiary/aromatic N) is 2. The summed E-state index contributed by atoms with van der Waals surface area (Å²) in [6.45, 7) is 8.49. The standard InChI is InChI=1S/C25H39N3O4/c1-30-24-7-17(10-27-11-18-4-5-19(12-27)25(18)31-2)3-6-23(24)32-16-22(29)15-28-13-20-8-26-9-21(20)14-28/h3,6-7,18-22,25-26,29H,4-5,8-16H2,1-2H3/t18-,19+,20-,21+,22?,25?. The third-order valence-electron chi connectivity index (χ3n) is 8.09. The van der Waals surface area contributed by atoms with Gasteiger partial charge in [-0.25, -0.2) is 0 Å². The molecule has 4 aliphatic rings. The molecule has 32 heavy (non-hydrogen) atoms. The Labute approximate surface area is 192 Å². The fraction of sp³-hybridized carbons (Fsp3) is 0.760. The average Bonchev–Trinajstić information content (AvgIpc) is 3.44. The Kier molecular flexibility index (Phi) is 6.90. The minimum atomic E-state index is -0.497. The molecular formula is C25H39N3O4. The quantitative estimate of drug-likeness (QED) is 0.596. The molecule has 1 aromatic carbocycles. The van der Waals surface area contributed by atoms with Crippen LogP contribution < -0.4 is 14.8 Å². The molecule has 3 aliphatic heterocycles. The van der Waals surface area contributed by atoms with Crippen LogP contribution in [-0.2, 0) is 11.3 Å². The Hall–Kier alpha value is -1.38. The van der Waals surface area contributed by atoms with Crippen LogP contribution in [0.3, 0.4) is 0 Å². The van der Waals surface area contributed by atoms with E-state index >= 15 is 0 Å². The van der Waals surface area contributed by atoms with E-state index in [1.165, 1.54) is 18.4 Å². The first-order valence-electron chi connectivity index (χ1n) is 12.3. The Bertz CT molecular complexity index is 752. The summed E-state index contributed by atoms with van der Waals surface area (Å²) in [6.07, 6.45) is 2.52. The summed E-state index contributed by atoms with van der Waals surface area (Å²) < 4.78 is 17.3. The molecule has 0 aromatic heterocycles. The summed E-state index contributed by atoms with van der Waals surface area (Å²) in [7, 11) is 3.55. The van der Waals surface area contributed by atoms with Crippen LogP contribution in [-0.4, -0.2) is 93.8 Å². The highest BCUT2D eigenvalue weighted by molar-refractivity contribution is 5.43. The highest BCUT2D eigenvalue weighted by atomic mass is 16.5. The molecule has 2 N–H and O–H groups in total. The van der Waals surface area contributed by atoms with Gasteiger partial charge < -0.3 is 24.6 Å². The first-order chi connectivity index (χ1) is 15.6. The predicted octanol–water partition coefficient (Wildman–Crippen LogP) is 1.44. The molecule has 5 rings (SSSR count). The summed E-state index contributed by atoms with van der Waals surface area (Å²) in [6, 6.07) is 6.20. The minimum absolute atomic E-state index is 0.285. The van der Waals surface area contributed by atoms with Crippen molar-refractivity contribution in [3.05, 3.63) is 23.8 Å². The van der Waals surface area contributed by atoms with E-state index in [1.807, 2.05) is 13.2 Å². The maximum Gasteiger partial charge on any atom is 0.161 e. The zero-order valence-corrected chi connectivity index (χ0v) is 19.5. The van der Waals surface area contributed by atoms with Crippen molar-refractivity contribution in [2.75, 3.05) is 66.6 Å². The fourth-order valence-electron chi connectivity index (χ4n) is 6.61. The Morgan fingerprint density at radius 1 is 0.969 bits per heavy atom. The van der Waals surface area contributed by atoms with Crippen molar-refractivity contribution in [1.82, 2.24) is 15.1 Å². The van der Waals surface area contributed by atoms with Gasteiger partial charge in [-0.3, -0.25) is 9.80 Å². The molecule has 7 heteroatoms. The third kappa shape index (κ3) is 4.77. The number of β-amino-alcohol motifs (C(OH)–C–C–N with tert-alkyl or cyclic N) is 1. The number of likely N-dealkylation sites (tertiary alicyclic amines) is 2. The lowest BCUT2D eigenvalue weighted by molar-refractivity contribution is -0.0180. The zero-order valence-electron chi connectivity index (χ0n) is 19.5. The Morgan fingerprint density at radius 2 is 1.66 bits per heavy atom. The minimum Gasteiger partial charge on any atom is -0.493 e. The van der Waals surface area contributed by atoms with Crippen LogP contribution in [0.5, 0.6) is 11.5 Å². The van der Waals surface area contributed by atoms with Gasteiger partial charge in [0.05, 0.1) is 13.2 Å². The molecule has 178 valence electrons. The second-order valence-electron chi connectivity index (χ2n) is 10.3. The molecule has 0 spiro atoms. The first kappa shape index (κ1) is 22.4. The van der Waals surface area contributed by atoms with E-state index in [9.17, 15) is 5.11 Å². The topological polar surface area (TPSA) is 66.4 Å². The van der Waals surface area contributed by atoms with Gasteiger partial charge in [-0.15, -0.1) is 0 Å². The highest BCUT2D eigenvalue weighted by Crippen LogP contribution is 2.39. The van der Waals surface area contributed by atoms with Gasteiger partial charge in [-0.1, -0.05) is 6.07 Å². The molecule has 3 heterocycles. The van der Waals surface area contributed by atoms with E-state index in [1.54, 1.807) is 7.11 Å². The smallest absolute Gasteiger partial charge is 0.161 e. The number of nitrogens with one attached hydrogen (secondary N) is 1. The summed E-state index contributed by atoms with van der Waals surface area (Å²) >= 11 is 0. The number of aliphatic hydroxyl groups is 1. The normalized spacial score (nSPS) is 33.4. The molecule has 0 radical (unpaired) electrons. The highest BCUT2D eigenvalue weighted by Gasteiger charge is 2.42. The van der Waals surface area contributed by atoms with Crippen molar-refractivity contribution in [3.63, 3.8) is 0 Å². The summed E-state index contributed by atoms with van der Waals surface area (Å²) in [5.74, 6) is 4.26. The van der Waals surface area contributed by atoms with Crippen LogP contribution in [0.1, 0.15) is 18.4 Å². The van der Waals surface area contributed by atoms with Crippen molar-refractivity contribution < 1.29 is 19.3 Å². The fourth-order valence-corrected chi connectivity index (χ4v) is 6.61. The van der Waals surface area contributed by atoms with Crippen LogP contribution in [0, 0.1) is 23.7 Å². The van der Waals surface area contributed by atoms with Gasteiger partial charge >= 0.3 is 0 Å². The lowest BCUT2D eigenvalue weighted by atomic mass is 9.94. The lowest BCUT2D eigenvalue weighted by Crippen LogP contribution is -2.45. The van der Waals surface area contributed by atoms with Gasteiger partial charge in [-0.05, 0) is 67.3 Å². The number of hydrogen-bond donors (Lipinski definition) is 2. The molecule has 1 aliphatic carbocycles. The van der Waals surface area contributed by atoms with Crippen molar-refractivity contribution in [2.45, 2.75) is 31.6 Å². The number of ether oxygens (including phenoxy) is 3. The van der Waals surface area contributed by atoms with Crippen LogP contribution in [0.25, 0.3) is 0 Å². The Morgan fingerprint density at radius 3 is 2.31 bits per heavy atom. The summed E-state index contributed by atoms with van der Waals surface area (Å²) in [5.41, 5.74) is 1.24. The van der Waals surface area contributed by atoms with Crippen molar-refractivity contribution in [1.29, 1.82) is 0 Å². The zero-order chi connectivity index (χ0) is 22.1. The van der Waals surface area contributed by atoms with Crippen LogP contribution in [0.2, 0.25) is 0 Å². The molecule has 1 aromatic rings. The van der Waals surface area contributed by atoms with Crippen molar-refractivity contribution >= 4 is 0 Å². The SMILES string of the molecule is COc1cc(CN2C[C@H]3CC[C@@H](C2)C3OC)ccc1OCC(O)CN1C[C@H]2CNC[C@H]2C1. The molecule has 2 bridgehead atoms. The van der Waals surface area contributed by atoms with E-state index in [0.29, 0.717) is 30.2 Å². The second kappa shape index (κ2) is 9.85. The van der Waals surface area contributed by atoms with Gasteiger partial charge in [0.1, 0.15) is 12.7 Å². The van der Waals surface area contributed by atoms with Crippen molar-refractivity contribution in [2.24, 2.45) is 23.7 Å². The molecule has 0 amide bonds. The third-order valence-corrected chi connectivity index (χ3v) is 8.09. The van der Waals surface area contributed by atoms with Crippen LogP contribution >= 0.6 is 0 Å². The molecule has 4 fully saturated rings. The number of aliphatic hydroxyl groups excluding tert-OH is 1. The second-order valence-corrected chi connectivity index (χ2v) is 10.3. The molecule has 6 atom stereocenters. The van der Waals surface area contributed by atoms with Gasteiger partial charge in [0.25, 0.3) is 0 Å². The first-order valence-corrected chi connectivity index (χ1v) is 12.3. The maximum absolute atomic E-state index is 10.5. The molecule has 3 saturated heterocycles. The number of benzene rings is 1. The van der Waals surface area contributed by atoms with Crippen LogP contribution in [0.4, 0.5) is 0 Å². The largest absolute Gasteiger partial charge is 0.493 e. The van der Waals surface area contributed by atoms with Gasteiger partial charge in [0.2, 0.25) is 0 Å². The predicted molar refractivity (Wildman–Crippen MR) is 123 cm³/mol. The molecule has 1 saturated carbocycles. The van der Waals surface area contributed by atoms with E-state index in [2.05, 4.69) is 27.2 Å². The van der Waals surface area contributed by atoms with Crippen molar-refractivity contribution in [3.8, 4) is 11.5 Å². The number of methoxy groups -OCH3 is 2. The van der Waals surface area contributed by atoms with Gasteiger partial charge in [-0.2, -0.15) is 0 Å². The number of rotatable bonds is 9. The number of piperidine rings is 1. The molecule has 7 nitrogen and oxygen atoms in total. The van der Waals surface area contributed by atoms with Crippen LogP contribution in [0.15, 0.2) is 18.2 Å². The monoisotopic (exact) mass is 445 g/mol. The summed E-state index contributed by atoms with van der Waals surface area (Å²) in [5, 5.41) is 14.0. The average molecular weight is 446 g/mol. The summed E-state index contributed by atoms with van der Waals surface area (Å²) in [4.78, 5) is 4.93. The molecule has 2 unspecified atom stereocenters. The van der Waals surface area contributed by atoms with Gasteiger partial charge in [0, 0.05) is 46.4 Å². The van der Waals surface area contributed by atoms with E-state index < -0.39 is 6.10 Å².